The van der Waals surface area contributed by atoms with Gasteiger partial charge in [0.15, 0.2) is 22.9 Å². The molecule has 164 valence electrons. The molecule has 4 heterocycles. The van der Waals surface area contributed by atoms with E-state index in [2.05, 4.69) is 5.10 Å². The molecule has 1 aliphatic rings. The largest absolute Gasteiger partial charge is 0.486 e. The van der Waals surface area contributed by atoms with Gasteiger partial charge in [-0.25, -0.2) is 4.98 Å². The summed E-state index contributed by atoms with van der Waals surface area (Å²) in [5.74, 6) is 1.97. The lowest BCUT2D eigenvalue weighted by molar-refractivity contribution is 0.0754. The Morgan fingerprint density at radius 3 is 2.72 bits per heavy atom. The van der Waals surface area contributed by atoms with Crippen LogP contribution in [-0.2, 0) is 13.6 Å². The van der Waals surface area contributed by atoms with Crippen molar-refractivity contribution in [1.29, 1.82) is 0 Å². The van der Waals surface area contributed by atoms with Gasteiger partial charge in [0.25, 0.3) is 5.91 Å². The third kappa shape index (κ3) is 3.47. The molecule has 1 aliphatic heterocycles. The summed E-state index contributed by atoms with van der Waals surface area (Å²) in [5, 5.41) is 5.25. The van der Waals surface area contributed by atoms with Crippen LogP contribution in [-0.4, -0.2) is 45.3 Å². The van der Waals surface area contributed by atoms with Crippen LogP contribution < -0.4 is 9.47 Å². The summed E-state index contributed by atoms with van der Waals surface area (Å²) in [4.78, 5) is 20.2. The Morgan fingerprint density at radius 2 is 1.97 bits per heavy atom. The standard InChI is InChI=1S/C24H24N4O4/c1-4-28(14-16-7-8-20-21(12-16)32-11-10-31-20)24(29)17-13-18(19-6-5-9-30-19)25-23-22(17)15(2)26-27(23)3/h5-9,12-13H,4,10-11,14H2,1-3H3. The molecule has 8 heteroatoms. The number of pyridine rings is 1. The maximum atomic E-state index is 13.7. The Morgan fingerprint density at radius 1 is 1.16 bits per heavy atom. The van der Waals surface area contributed by atoms with Gasteiger partial charge in [0.1, 0.15) is 18.9 Å². The third-order valence-corrected chi connectivity index (χ3v) is 5.62. The number of nitrogens with zero attached hydrogens (tertiary/aromatic N) is 4. The molecule has 1 amide bonds. The molecule has 0 saturated carbocycles. The van der Waals surface area contributed by atoms with Gasteiger partial charge in [-0.1, -0.05) is 6.07 Å². The number of fused-ring (bicyclic) bond motifs is 2. The molecule has 0 fully saturated rings. The summed E-state index contributed by atoms with van der Waals surface area (Å²) >= 11 is 0. The van der Waals surface area contributed by atoms with E-state index in [1.54, 1.807) is 28.0 Å². The quantitative estimate of drug-likeness (QED) is 0.475. The second-order valence-electron chi connectivity index (χ2n) is 7.74. The fraction of sp³-hybridized carbons (Fsp3) is 0.292. The smallest absolute Gasteiger partial charge is 0.255 e. The molecular weight excluding hydrogens is 408 g/mol. The van der Waals surface area contributed by atoms with Gasteiger partial charge in [0, 0.05) is 20.1 Å². The van der Waals surface area contributed by atoms with Crippen molar-refractivity contribution in [1.82, 2.24) is 19.7 Å². The Hall–Kier alpha value is -3.81. The minimum absolute atomic E-state index is 0.0845. The molecule has 4 aromatic rings. The van der Waals surface area contributed by atoms with Crippen LogP contribution in [0, 0.1) is 6.92 Å². The summed E-state index contributed by atoms with van der Waals surface area (Å²) in [5.41, 5.74) is 3.55. The molecule has 5 rings (SSSR count). The second-order valence-corrected chi connectivity index (χ2v) is 7.74. The maximum absolute atomic E-state index is 13.7. The first-order chi connectivity index (χ1) is 15.5. The Labute approximate surface area is 185 Å². The van der Waals surface area contributed by atoms with Gasteiger partial charge in [0.05, 0.1) is 22.9 Å². The van der Waals surface area contributed by atoms with Crippen molar-refractivity contribution < 1.29 is 18.7 Å². The van der Waals surface area contributed by atoms with Crippen molar-refractivity contribution >= 4 is 16.9 Å². The Bertz CT molecular complexity index is 1290. The Balaban J connectivity index is 1.54. The number of hydrogen-bond donors (Lipinski definition) is 0. The highest BCUT2D eigenvalue weighted by Crippen LogP contribution is 2.32. The molecule has 0 spiro atoms. The number of carbonyl (C=O) groups excluding carboxylic acids is 1. The van der Waals surface area contributed by atoms with Crippen LogP contribution in [0.4, 0.5) is 0 Å². The zero-order valence-corrected chi connectivity index (χ0v) is 18.3. The van der Waals surface area contributed by atoms with Gasteiger partial charge < -0.3 is 18.8 Å². The number of ether oxygens (including phenoxy) is 2. The number of hydrogen-bond acceptors (Lipinski definition) is 6. The van der Waals surface area contributed by atoms with Crippen LogP contribution in [0.3, 0.4) is 0 Å². The van der Waals surface area contributed by atoms with Crippen molar-refractivity contribution in [2.75, 3.05) is 19.8 Å². The summed E-state index contributed by atoms with van der Waals surface area (Å²) in [6.07, 6.45) is 1.59. The highest BCUT2D eigenvalue weighted by Gasteiger charge is 2.24. The monoisotopic (exact) mass is 432 g/mol. The topological polar surface area (TPSA) is 82.6 Å². The molecule has 0 saturated heterocycles. The van der Waals surface area contributed by atoms with Crippen LogP contribution in [0.5, 0.6) is 11.5 Å². The van der Waals surface area contributed by atoms with Crippen LogP contribution in [0.2, 0.25) is 0 Å². The molecule has 32 heavy (non-hydrogen) atoms. The van der Waals surface area contributed by atoms with E-state index in [1.807, 2.05) is 45.2 Å². The summed E-state index contributed by atoms with van der Waals surface area (Å²) in [6.45, 7) is 5.93. The summed E-state index contributed by atoms with van der Waals surface area (Å²) in [6, 6.07) is 11.2. The van der Waals surface area contributed by atoms with Gasteiger partial charge in [-0.15, -0.1) is 0 Å². The third-order valence-electron chi connectivity index (χ3n) is 5.62. The van der Waals surface area contributed by atoms with Gasteiger partial charge in [-0.05, 0) is 49.7 Å². The SMILES string of the molecule is CCN(Cc1ccc2c(c1)OCCO2)C(=O)c1cc(-c2ccco2)nc2c1c(C)nn2C. The van der Waals surface area contributed by atoms with E-state index < -0.39 is 0 Å². The lowest BCUT2D eigenvalue weighted by atomic mass is 10.1. The fourth-order valence-corrected chi connectivity index (χ4v) is 4.07. The average Bonchev–Trinajstić information content (AvgIpc) is 3.45. The fourth-order valence-electron chi connectivity index (χ4n) is 4.07. The maximum Gasteiger partial charge on any atom is 0.255 e. The Kier molecular flexibility index (Phi) is 5.05. The van der Waals surface area contributed by atoms with Gasteiger partial charge in [0.2, 0.25) is 0 Å². The molecule has 0 aliphatic carbocycles. The molecule has 0 unspecified atom stereocenters. The van der Waals surface area contributed by atoms with E-state index in [9.17, 15) is 4.79 Å². The van der Waals surface area contributed by atoms with Crippen molar-refractivity contribution in [2.24, 2.45) is 7.05 Å². The minimum atomic E-state index is -0.0845. The number of amides is 1. The molecule has 0 atom stereocenters. The molecule has 3 aromatic heterocycles. The number of rotatable bonds is 5. The first kappa shape index (κ1) is 20.1. The molecule has 8 nitrogen and oxygen atoms in total. The van der Waals surface area contributed by atoms with E-state index >= 15 is 0 Å². The van der Waals surface area contributed by atoms with Gasteiger partial charge in [-0.3, -0.25) is 9.48 Å². The minimum Gasteiger partial charge on any atom is -0.486 e. The molecule has 1 aromatic carbocycles. The van der Waals surface area contributed by atoms with Gasteiger partial charge in [-0.2, -0.15) is 5.10 Å². The second kappa shape index (κ2) is 8.03. The van der Waals surface area contributed by atoms with Crippen molar-refractivity contribution in [3.05, 3.63) is 59.5 Å². The van der Waals surface area contributed by atoms with Crippen molar-refractivity contribution in [3.8, 4) is 23.0 Å². The van der Waals surface area contributed by atoms with E-state index in [0.717, 1.165) is 22.4 Å². The van der Waals surface area contributed by atoms with Crippen LogP contribution in [0.25, 0.3) is 22.5 Å². The van der Waals surface area contributed by atoms with Crippen molar-refractivity contribution in [2.45, 2.75) is 20.4 Å². The number of benzene rings is 1. The highest BCUT2D eigenvalue weighted by molar-refractivity contribution is 6.07. The number of furan rings is 1. The number of aromatic nitrogens is 3. The average molecular weight is 432 g/mol. The van der Waals surface area contributed by atoms with Crippen molar-refractivity contribution in [3.63, 3.8) is 0 Å². The molecule has 0 bridgehead atoms. The number of carbonyl (C=O) groups is 1. The van der Waals surface area contributed by atoms with E-state index in [4.69, 9.17) is 18.9 Å². The molecule has 0 N–H and O–H groups in total. The summed E-state index contributed by atoms with van der Waals surface area (Å²) in [7, 11) is 1.83. The predicted octanol–water partition coefficient (Wildman–Crippen LogP) is 3.97. The molecule has 0 radical (unpaired) electrons. The molecular formula is C24H24N4O4. The lowest BCUT2D eigenvalue weighted by Gasteiger charge is -2.23. The normalized spacial score (nSPS) is 12.8. The predicted molar refractivity (Wildman–Crippen MR) is 119 cm³/mol. The first-order valence-corrected chi connectivity index (χ1v) is 10.6. The zero-order chi connectivity index (χ0) is 22.2. The number of aryl methyl sites for hydroxylation is 2. The van der Waals surface area contributed by atoms with E-state index in [0.29, 0.717) is 54.7 Å². The lowest BCUT2D eigenvalue weighted by Crippen LogP contribution is -2.30. The van der Waals surface area contributed by atoms with E-state index in [-0.39, 0.29) is 5.91 Å². The zero-order valence-electron chi connectivity index (χ0n) is 18.3. The van der Waals surface area contributed by atoms with Crippen LogP contribution in [0.1, 0.15) is 28.5 Å². The van der Waals surface area contributed by atoms with Crippen LogP contribution >= 0.6 is 0 Å². The first-order valence-electron chi connectivity index (χ1n) is 10.6. The highest BCUT2D eigenvalue weighted by atomic mass is 16.6. The summed E-state index contributed by atoms with van der Waals surface area (Å²) < 4.78 is 18.5. The van der Waals surface area contributed by atoms with Crippen LogP contribution in [0.15, 0.2) is 47.1 Å². The van der Waals surface area contributed by atoms with E-state index in [1.165, 1.54) is 0 Å². The van der Waals surface area contributed by atoms with Gasteiger partial charge >= 0.3 is 0 Å².